The Morgan fingerprint density at radius 2 is 1.85 bits per heavy atom. The van der Waals surface area contributed by atoms with Crippen molar-refractivity contribution < 1.29 is 23.1 Å². The van der Waals surface area contributed by atoms with Gasteiger partial charge in [-0.05, 0) is 50.5 Å². The van der Waals surface area contributed by atoms with Crippen LogP contribution in [0, 0.1) is 5.92 Å². The number of fused-ring (bicyclic) bond motifs is 1. The van der Waals surface area contributed by atoms with E-state index in [-0.39, 0.29) is 5.92 Å². The number of hydrogen-bond donors (Lipinski definition) is 1. The number of ketones is 1. The van der Waals surface area contributed by atoms with Gasteiger partial charge in [-0.15, -0.1) is 11.3 Å². The Kier molecular flexibility index (Phi) is 7.41. The number of aliphatic hydroxyl groups excluding tert-OH is 1. The fraction of sp³-hybridized carbons (Fsp3) is 0.300. The second-order valence-electron chi connectivity index (χ2n) is 10.7. The van der Waals surface area contributed by atoms with E-state index in [2.05, 4.69) is 9.97 Å². The second-order valence-corrected chi connectivity index (χ2v) is 14.3. The van der Waals surface area contributed by atoms with Gasteiger partial charge in [0.15, 0.2) is 15.6 Å². The maximum absolute atomic E-state index is 13.1. The van der Waals surface area contributed by atoms with Crippen LogP contribution in [0.15, 0.2) is 72.5 Å². The highest BCUT2D eigenvalue weighted by Gasteiger charge is 2.33. The number of hydrogen-bond acceptors (Lipinski definition) is 8. The molecule has 1 N–H and O–H groups in total. The van der Waals surface area contributed by atoms with Crippen molar-refractivity contribution in [1.29, 1.82) is 0 Å². The number of Topliss-reactive ketones (excluding diaryl/α,β-unsaturated/α-hetero) is 1. The van der Waals surface area contributed by atoms with Crippen LogP contribution >= 0.6 is 11.3 Å². The summed E-state index contributed by atoms with van der Waals surface area (Å²) in [6.45, 7) is 5.10. The highest BCUT2D eigenvalue weighted by Crippen LogP contribution is 2.40. The molecule has 2 aromatic carbocycles. The van der Waals surface area contributed by atoms with Crippen LogP contribution < -0.4 is 4.74 Å². The number of carbonyl (C=O) groups excluding carboxylic acids is 1. The normalized spacial score (nSPS) is 17.3. The molecular formula is C30H30N2O5S2. The summed E-state index contributed by atoms with van der Waals surface area (Å²) in [5, 5.41) is 11.2. The Labute approximate surface area is 232 Å². The van der Waals surface area contributed by atoms with E-state index >= 15 is 0 Å². The van der Waals surface area contributed by atoms with Gasteiger partial charge in [0.2, 0.25) is 0 Å². The lowest BCUT2D eigenvalue weighted by Gasteiger charge is -2.30. The lowest BCUT2D eigenvalue weighted by atomic mass is 9.88. The van der Waals surface area contributed by atoms with E-state index in [1.807, 2.05) is 42.7 Å². The highest BCUT2D eigenvalue weighted by atomic mass is 32.2. The van der Waals surface area contributed by atoms with Gasteiger partial charge in [-0.1, -0.05) is 42.5 Å². The van der Waals surface area contributed by atoms with Crippen molar-refractivity contribution in [3.63, 3.8) is 0 Å². The third-order valence-electron chi connectivity index (χ3n) is 7.04. The van der Waals surface area contributed by atoms with Crippen LogP contribution in [-0.2, 0) is 16.3 Å². The number of carbonyl (C=O) groups is 1. The van der Waals surface area contributed by atoms with Crippen LogP contribution in [0.3, 0.4) is 0 Å². The third-order valence-corrected chi connectivity index (χ3v) is 10.4. The van der Waals surface area contributed by atoms with Gasteiger partial charge in [0.25, 0.3) is 0 Å². The fourth-order valence-corrected chi connectivity index (χ4v) is 6.09. The molecule has 9 heteroatoms. The molecule has 5 rings (SSSR count). The monoisotopic (exact) mass is 562 g/mol. The molecule has 0 amide bonds. The van der Waals surface area contributed by atoms with Crippen molar-refractivity contribution in [2.24, 2.45) is 5.92 Å². The molecule has 0 aliphatic carbocycles. The Bertz CT molecular complexity index is 1590. The predicted octanol–water partition coefficient (Wildman–Crippen LogP) is 5.55. The van der Waals surface area contributed by atoms with Crippen LogP contribution in [-0.4, -0.2) is 46.4 Å². The van der Waals surface area contributed by atoms with Gasteiger partial charge in [0, 0.05) is 40.7 Å². The molecule has 7 nitrogen and oxygen atoms in total. The Hall–Kier alpha value is -3.40. The quantitative estimate of drug-likeness (QED) is 0.294. The molecule has 202 valence electrons. The Balaban J connectivity index is 1.34. The van der Waals surface area contributed by atoms with Gasteiger partial charge >= 0.3 is 0 Å². The van der Waals surface area contributed by atoms with Crippen molar-refractivity contribution >= 4 is 27.0 Å². The summed E-state index contributed by atoms with van der Waals surface area (Å²) < 4.78 is 30.4. The summed E-state index contributed by atoms with van der Waals surface area (Å²) in [5.74, 6) is -0.627. The van der Waals surface area contributed by atoms with Crippen LogP contribution in [0.1, 0.15) is 48.5 Å². The van der Waals surface area contributed by atoms with E-state index in [0.29, 0.717) is 35.5 Å². The standard InChI is InChI=1S/C30H30N2O5S2/c1-30(2,3)39(35,36)17-26(33)24-7-5-4-6-23(24)19-9-11-25-27(13-19)37-16-21(29(25)34)12-22-10-8-20(14-32-22)28-15-31-18-38-28/h4-11,13-15,18,21,29,34H,12,16-17H2,1-3H3/t21-,29+/m0/s1. The first-order valence-corrected chi connectivity index (χ1v) is 15.2. The number of pyridine rings is 1. The number of sulfone groups is 1. The molecule has 3 heterocycles. The Morgan fingerprint density at radius 3 is 2.54 bits per heavy atom. The maximum atomic E-state index is 13.1. The Morgan fingerprint density at radius 1 is 1.08 bits per heavy atom. The van der Waals surface area contributed by atoms with Gasteiger partial charge in [0.05, 0.1) is 27.8 Å². The first-order valence-electron chi connectivity index (χ1n) is 12.7. The van der Waals surface area contributed by atoms with Gasteiger partial charge in [-0.25, -0.2) is 8.42 Å². The second kappa shape index (κ2) is 10.6. The van der Waals surface area contributed by atoms with Crippen LogP contribution in [0.4, 0.5) is 0 Å². The van der Waals surface area contributed by atoms with Crippen molar-refractivity contribution in [3.05, 3.63) is 89.3 Å². The first-order chi connectivity index (χ1) is 18.5. The molecule has 1 aliphatic heterocycles. The van der Waals surface area contributed by atoms with Gasteiger partial charge in [0.1, 0.15) is 11.5 Å². The summed E-state index contributed by atoms with van der Waals surface area (Å²) >= 11 is 1.56. The number of ether oxygens (including phenoxy) is 1. The zero-order chi connectivity index (χ0) is 27.8. The van der Waals surface area contributed by atoms with Crippen molar-refractivity contribution in [1.82, 2.24) is 9.97 Å². The molecule has 0 bridgehead atoms. The molecule has 2 atom stereocenters. The zero-order valence-corrected chi connectivity index (χ0v) is 23.6. The minimum atomic E-state index is -3.63. The number of nitrogens with zero attached hydrogens (tertiary/aromatic N) is 2. The molecule has 0 radical (unpaired) electrons. The van der Waals surface area contributed by atoms with E-state index < -0.39 is 32.2 Å². The molecule has 39 heavy (non-hydrogen) atoms. The van der Waals surface area contributed by atoms with Crippen molar-refractivity contribution in [3.8, 4) is 27.3 Å². The van der Waals surface area contributed by atoms with Gasteiger partial charge in [-0.3, -0.25) is 14.8 Å². The van der Waals surface area contributed by atoms with Crippen LogP contribution in [0.2, 0.25) is 0 Å². The lowest BCUT2D eigenvalue weighted by Crippen LogP contribution is -2.33. The zero-order valence-electron chi connectivity index (χ0n) is 22.0. The lowest BCUT2D eigenvalue weighted by molar-refractivity contribution is 0.0503. The van der Waals surface area contributed by atoms with E-state index in [4.69, 9.17) is 4.74 Å². The molecule has 4 aromatic rings. The largest absolute Gasteiger partial charge is 0.493 e. The smallest absolute Gasteiger partial charge is 0.178 e. The summed E-state index contributed by atoms with van der Waals surface area (Å²) in [7, 11) is -3.63. The van der Waals surface area contributed by atoms with Crippen molar-refractivity contribution in [2.75, 3.05) is 12.4 Å². The molecule has 2 aromatic heterocycles. The summed E-state index contributed by atoms with van der Waals surface area (Å²) in [5.41, 5.74) is 6.03. The van der Waals surface area contributed by atoms with Gasteiger partial charge < -0.3 is 9.84 Å². The van der Waals surface area contributed by atoms with Crippen LogP contribution in [0.5, 0.6) is 5.75 Å². The predicted molar refractivity (Wildman–Crippen MR) is 153 cm³/mol. The maximum Gasteiger partial charge on any atom is 0.178 e. The average Bonchev–Trinajstić information content (AvgIpc) is 3.45. The third kappa shape index (κ3) is 5.66. The molecule has 0 fully saturated rings. The fourth-order valence-electron chi connectivity index (χ4n) is 4.55. The first kappa shape index (κ1) is 27.2. The molecule has 0 saturated heterocycles. The summed E-state index contributed by atoms with van der Waals surface area (Å²) in [6, 6.07) is 16.4. The minimum absolute atomic E-state index is 0.165. The van der Waals surface area contributed by atoms with E-state index in [1.165, 1.54) is 0 Å². The molecule has 0 unspecified atom stereocenters. The topological polar surface area (TPSA) is 106 Å². The molecule has 1 aliphatic rings. The van der Waals surface area contributed by atoms with E-state index in [1.54, 1.807) is 61.9 Å². The molecule has 0 spiro atoms. The molecule has 0 saturated carbocycles. The van der Waals surface area contributed by atoms with Crippen LogP contribution in [0.25, 0.3) is 21.6 Å². The SMILES string of the molecule is CC(C)(C)S(=O)(=O)CC(=O)c1ccccc1-c1ccc2c(c1)OC[C@H](Cc1ccc(-c3cncs3)cn1)[C@H]2O. The summed E-state index contributed by atoms with van der Waals surface area (Å²) in [4.78, 5) is 22.8. The number of benzene rings is 2. The van der Waals surface area contributed by atoms with E-state index in [9.17, 15) is 18.3 Å². The summed E-state index contributed by atoms with van der Waals surface area (Å²) in [6.07, 6.45) is 3.46. The number of rotatable bonds is 7. The minimum Gasteiger partial charge on any atom is -0.493 e. The van der Waals surface area contributed by atoms with Gasteiger partial charge in [-0.2, -0.15) is 0 Å². The number of thiazole rings is 1. The number of aromatic nitrogens is 2. The number of aliphatic hydroxyl groups is 1. The highest BCUT2D eigenvalue weighted by molar-refractivity contribution is 7.93. The van der Waals surface area contributed by atoms with Crippen molar-refractivity contribution in [2.45, 2.75) is 38.0 Å². The average molecular weight is 563 g/mol. The molecular weight excluding hydrogens is 532 g/mol. The van der Waals surface area contributed by atoms with E-state index in [0.717, 1.165) is 21.7 Å².